The Hall–Kier alpha value is -3.33. The van der Waals surface area contributed by atoms with Crippen LogP contribution in [0.2, 0.25) is 0 Å². The average Bonchev–Trinajstić information content (AvgIpc) is 2.89. The van der Waals surface area contributed by atoms with E-state index >= 15 is 0 Å². The van der Waals surface area contributed by atoms with Crippen molar-refractivity contribution in [2.45, 2.75) is 13.8 Å². The fraction of sp³-hybridized carbons (Fsp3) is 0.211. The molecule has 0 fully saturated rings. The van der Waals surface area contributed by atoms with Gasteiger partial charge in [0, 0.05) is 37.2 Å². The van der Waals surface area contributed by atoms with Gasteiger partial charge < -0.3 is 20.0 Å². The van der Waals surface area contributed by atoms with Crippen molar-refractivity contribution in [2.75, 3.05) is 24.3 Å². The average molecular weight is 332 g/mol. The van der Waals surface area contributed by atoms with Gasteiger partial charge in [0.25, 0.3) is 0 Å². The smallest absolute Gasteiger partial charge is 0.231 e. The van der Waals surface area contributed by atoms with Crippen LogP contribution in [-0.4, -0.2) is 29.0 Å². The lowest BCUT2D eigenvalue weighted by Crippen LogP contribution is -2.08. The van der Waals surface area contributed by atoms with Gasteiger partial charge in [-0.2, -0.15) is 0 Å². The summed E-state index contributed by atoms with van der Waals surface area (Å²) in [4.78, 5) is 17.6. The molecule has 2 aromatic heterocycles. The van der Waals surface area contributed by atoms with Gasteiger partial charge in [-0.15, -0.1) is 0 Å². The van der Waals surface area contributed by atoms with Crippen LogP contribution in [0.1, 0.15) is 11.3 Å². The molecule has 2 heterocycles. The molecule has 2 N–H and O–H groups in total. The Bertz CT molecular complexity index is 932. The fourth-order valence-corrected chi connectivity index (χ4v) is 2.76. The summed E-state index contributed by atoms with van der Waals surface area (Å²) in [5, 5.41) is 3.23. The largest absolute Gasteiger partial charge is 0.378 e. The quantitative estimate of drug-likeness (QED) is 0.693. The number of nitrogens with one attached hydrogen (secondary N) is 2. The number of hydrogen-bond acceptors (Lipinski definition) is 4. The zero-order chi connectivity index (χ0) is 18.0. The van der Waals surface area contributed by atoms with Crippen molar-refractivity contribution >= 4 is 23.1 Å². The Kier molecular flexibility index (Phi) is 4.40. The Morgan fingerprint density at radius 1 is 1.12 bits per heavy atom. The SMILES string of the molecule is [C-]#[N+]c1[nH]c(C)c(-c2ccnc(Nc3ccc(N(C)C)cc3)n2)c1C. The number of rotatable bonds is 4. The lowest BCUT2D eigenvalue weighted by Gasteiger charge is -2.13. The van der Waals surface area contributed by atoms with Crippen LogP contribution in [0.25, 0.3) is 16.1 Å². The number of hydrogen-bond donors (Lipinski definition) is 2. The van der Waals surface area contributed by atoms with Crippen molar-refractivity contribution < 1.29 is 0 Å². The molecule has 0 amide bonds. The van der Waals surface area contributed by atoms with E-state index in [-0.39, 0.29) is 0 Å². The highest BCUT2D eigenvalue weighted by Crippen LogP contribution is 2.32. The van der Waals surface area contributed by atoms with Crippen LogP contribution >= 0.6 is 0 Å². The maximum Gasteiger partial charge on any atom is 0.231 e. The summed E-state index contributed by atoms with van der Waals surface area (Å²) in [5.41, 5.74) is 5.65. The van der Waals surface area contributed by atoms with Crippen molar-refractivity contribution in [1.29, 1.82) is 0 Å². The van der Waals surface area contributed by atoms with Crippen LogP contribution in [0.4, 0.5) is 23.1 Å². The van der Waals surface area contributed by atoms with Crippen LogP contribution in [-0.2, 0) is 0 Å². The van der Waals surface area contributed by atoms with Crippen LogP contribution in [0.5, 0.6) is 0 Å². The third-order valence-corrected chi connectivity index (χ3v) is 4.07. The van der Waals surface area contributed by atoms with E-state index in [1.54, 1.807) is 6.20 Å². The molecule has 25 heavy (non-hydrogen) atoms. The molecule has 0 atom stereocenters. The van der Waals surface area contributed by atoms with Crippen LogP contribution in [0, 0.1) is 20.4 Å². The van der Waals surface area contributed by atoms with Crippen molar-refractivity contribution in [3.05, 3.63) is 59.2 Å². The molecule has 0 aliphatic heterocycles. The first-order valence-corrected chi connectivity index (χ1v) is 7.94. The zero-order valence-electron chi connectivity index (χ0n) is 14.8. The number of aromatic amines is 1. The Morgan fingerprint density at radius 2 is 1.84 bits per heavy atom. The summed E-state index contributed by atoms with van der Waals surface area (Å²) in [7, 11) is 4.02. The van der Waals surface area contributed by atoms with Gasteiger partial charge in [-0.3, -0.25) is 0 Å². The predicted octanol–water partition coefficient (Wildman–Crippen LogP) is 4.45. The minimum atomic E-state index is 0.527. The lowest BCUT2D eigenvalue weighted by atomic mass is 10.1. The third-order valence-electron chi connectivity index (χ3n) is 4.07. The minimum Gasteiger partial charge on any atom is -0.378 e. The number of aromatic nitrogens is 3. The van der Waals surface area contributed by atoms with Gasteiger partial charge in [-0.25, -0.2) is 9.97 Å². The normalized spacial score (nSPS) is 10.4. The van der Waals surface area contributed by atoms with Gasteiger partial charge in [0.2, 0.25) is 11.8 Å². The molecule has 0 saturated heterocycles. The minimum absolute atomic E-state index is 0.527. The van der Waals surface area contributed by atoms with Gasteiger partial charge in [0.05, 0.1) is 11.4 Å². The number of anilines is 3. The number of nitrogens with zero attached hydrogens (tertiary/aromatic N) is 4. The number of benzene rings is 1. The molecule has 0 spiro atoms. The molecule has 0 saturated carbocycles. The number of H-pyrrole nitrogens is 1. The first kappa shape index (κ1) is 16.5. The molecule has 0 aliphatic carbocycles. The standard InChI is InChI=1S/C19H20N6/c1-12-17(13(2)22-18(12)20-3)16-10-11-21-19(24-16)23-14-6-8-15(9-7-14)25(4)5/h6-11,22H,1-2,4-5H3,(H,21,23,24). The second-order valence-corrected chi connectivity index (χ2v) is 6.04. The molecular formula is C19H20N6. The highest BCUT2D eigenvalue weighted by Gasteiger charge is 2.15. The molecule has 0 aliphatic rings. The molecule has 6 nitrogen and oxygen atoms in total. The summed E-state index contributed by atoms with van der Waals surface area (Å²) in [6, 6.07) is 9.92. The molecule has 6 heteroatoms. The molecule has 126 valence electrons. The van der Waals surface area contributed by atoms with Crippen molar-refractivity contribution in [2.24, 2.45) is 0 Å². The first-order valence-electron chi connectivity index (χ1n) is 7.94. The van der Waals surface area contributed by atoms with Crippen LogP contribution in [0.15, 0.2) is 36.5 Å². The number of aryl methyl sites for hydroxylation is 1. The summed E-state index contributed by atoms with van der Waals surface area (Å²) in [5.74, 6) is 1.08. The topological polar surface area (TPSA) is 61.2 Å². The van der Waals surface area contributed by atoms with Gasteiger partial charge in [-0.05, 0) is 49.7 Å². The molecule has 3 aromatic rings. The second kappa shape index (κ2) is 6.65. The predicted molar refractivity (Wildman–Crippen MR) is 102 cm³/mol. The Labute approximate surface area is 147 Å². The molecule has 0 unspecified atom stereocenters. The Balaban J connectivity index is 1.90. The molecule has 3 rings (SSSR count). The highest BCUT2D eigenvalue weighted by atomic mass is 15.1. The zero-order valence-corrected chi connectivity index (χ0v) is 14.8. The van der Waals surface area contributed by atoms with Gasteiger partial charge in [0.15, 0.2) is 0 Å². The van der Waals surface area contributed by atoms with E-state index in [0.29, 0.717) is 11.8 Å². The van der Waals surface area contributed by atoms with E-state index < -0.39 is 0 Å². The van der Waals surface area contributed by atoms with Crippen molar-refractivity contribution in [3.8, 4) is 11.3 Å². The summed E-state index contributed by atoms with van der Waals surface area (Å²) in [6.45, 7) is 11.1. The van der Waals surface area contributed by atoms with E-state index in [2.05, 4.69) is 25.1 Å². The van der Waals surface area contributed by atoms with E-state index in [1.165, 1.54) is 0 Å². The lowest BCUT2D eigenvalue weighted by molar-refractivity contribution is 1.13. The maximum atomic E-state index is 7.24. The summed E-state index contributed by atoms with van der Waals surface area (Å²) < 4.78 is 0. The van der Waals surface area contributed by atoms with E-state index in [0.717, 1.165) is 33.9 Å². The van der Waals surface area contributed by atoms with Crippen molar-refractivity contribution in [1.82, 2.24) is 15.0 Å². The molecular weight excluding hydrogens is 312 g/mol. The second-order valence-electron chi connectivity index (χ2n) is 6.04. The third kappa shape index (κ3) is 3.31. The van der Waals surface area contributed by atoms with Gasteiger partial charge in [0.1, 0.15) is 0 Å². The van der Waals surface area contributed by atoms with Crippen molar-refractivity contribution in [3.63, 3.8) is 0 Å². The molecule has 1 aromatic carbocycles. The Morgan fingerprint density at radius 3 is 2.44 bits per heavy atom. The highest BCUT2D eigenvalue weighted by molar-refractivity contribution is 5.74. The molecule has 0 radical (unpaired) electrons. The summed E-state index contributed by atoms with van der Waals surface area (Å²) in [6.07, 6.45) is 1.72. The first-order chi connectivity index (χ1) is 12.0. The van der Waals surface area contributed by atoms with Gasteiger partial charge >= 0.3 is 0 Å². The van der Waals surface area contributed by atoms with Crippen LogP contribution in [0.3, 0.4) is 0 Å². The van der Waals surface area contributed by atoms with Gasteiger partial charge in [-0.1, -0.05) is 6.57 Å². The molecule has 0 bridgehead atoms. The summed E-state index contributed by atoms with van der Waals surface area (Å²) >= 11 is 0. The van der Waals surface area contributed by atoms with E-state index in [1.807, 2.05) is 63.2 Å². The monoisotopic (exact) mass is 332 g/mol. The van der Waals surface area contributed by atoms with E-state index in [9.17, 15) is 0 Å². The van der Waals surface area contributed by atoms with Crippen LogP contribution < -0.4 is 10.2 Å². The fourth-order valence-electron chi connectivity index (χ4n) is 2.76. The maximum absolute atomic E-state index is 7.24. The van der Waals surface area contributed by atoms with E-state index in [4.69, 9.17) is 6.57 Å².